The standard InChI is InChI=1S/C16H27NO/c1-13(2)9-11-18-12-10-17-15(4)16-8-6-5-7-14(16)3/h5-8,13,15,17H,9-12H2,1-4H3. The van der Waals surface area contributed by atoms with Crippen LogP contribution in [0.5, 0.6) is 0 Å². The van der Waals surface area contributed by atoms with E-state index in [2.05, 4.69) is 57.3 Å². The van der Waals surface area contributed by atoms with Gasteiger partial charge in [-0.2, -0.15) is 0 Å². The highest BCUT2D eigenvalue weighted by Crippen LogP contribution is 2.16. The van der Waals surface area contributed by atoms with Crippen molar-refractivity contribution in [2.24, 2.45) is 5.92 Å². The van der Waals surface area contributed by atoms with Gasteiger partial charge in [0, 0.05) is 19.2 Å². The largest absolute Gasteiger partial charge is 0.380 e. The second-order valence-corrected chi connectivity index (χ2v) is 5.33. The highest BCUT2D eigenvalue weighted by atomic mass is 16.5. The number of benzene rings is 1. The molecule has 0 aromatic heterocycles. The van der Waals surface area contributed by atoms with Crippen LogP contribution in [-0.2, 0) is 4.74 Å². The van der Waals surface area contributed by atoms with Crippen molar-refractivity contribution in [2.45, 2.75) is 40.2 Å². The molecule has 1 aromatic carbocycles. The minimum Gasteiger partial charge on any atom is -0.380 e. The molecule has 2 heteroatoms. The van der Waals surface area contributed by atoms with E-state index in [9.17, 15) is 0 Å². The molecular weight excluding hydrogens is 222 g/mol. The first-order valence-electron chi connectivity index (χ1n) is 6.98. The average Bonchev–Trinajstić information content (AvgIpc) is 2.33. The zero-order valence-corrected chi connectivity index (χ0v) is 12.2. The molecule has 0 saturated heterocycles. The molecule has 1 aromatic rings. The van der Waals surface area contributed by atoms with Gasteiger partial charge in [-0.15, -0.1) is 0 Å². The number of ether oxygens (including phenoxy) is 1. The van der Waals surface area contributed by atoms with E-state index in [0.717, 1.165) is 32.1 Å². The van der Waals surface area contributed by atoms with Gasteiger partial charge in [0.25, 0.3) is 0 Å². The van der Waals surface area contributed by atoms with Crippen LogP contribution in [0.25, 0.3) is 0 Å². The van der Waals surface area contributed by atoms with Crippen molar-refractivity contribution in [3.8, 4) is 0 Å². The molecule has 1 rings (SSSR count). The molecule has 0 aliphatic heterocycles. The van der Waals surface area contributed by atoms with Crippen LogP contribution >= 0.6 is 0 Å². The van der Waals surface area contributed by atoms with Gasteiger partial charge in [0.05, 0.1) is 6.61 Å². The van der Waals surface area contributed by atoms with Gasteiger partial charge in [-0.05, 0) is 37.3 Å². The van der Waals surface area contributed by atoms with Crippen molar-refractivity contribution in [2.75, 3.05) is 19.8 Å². The minimum atomic E-state index is 0.389. The molecule has 0 aliphatic rings. The lowest BCUT2D eigenvalue weighted by atomic mass is 10.0. The first kappa shape index (κ1) is 15.2. The van der Waals surface area contributed by atoms with Gasteiger partial charge in [0.2, 0.25) is 0 Å². The van der Waals surface area contributed by atoms with Crippen molar-refractivity contribution in [1.82, 2.24) is 5.32 Å². The van der Waals surface area contributed by atoms with Crippen LogP contribution in [0.2, 0.25) is 0 Å². The van der Waals surface area contributed by atoms with Gasteiger partial charge in [0.15, 0.2) is 0 Å². The molecule has 1 N–H and O–H groups in total. The second-order valence-electron chi connectivity index (χ2n) is 5.33. The summed E-state index contributed by atoms with van der Waals surface area (Å²) in [6.07, 6.45) is 1.15. The van der Waals surface area contributed by atoms with E-state index in [4.69, 9.17) is 4.74 Å². The van der Waals surface area contributed by atoms with Crippen molar-refractivity contribution >= 4 is 0 Å². The topological polar surface area (TPSA) is 21.3 Å². The quantitative estimate of drug-likeness (QED) is 0.709. The number of hydrogen-bond donors (Lipinski definition) is 1. The lowest BCUT2D eigenvalue weighted by Crippen LogP contribution is -2.24. The maximum absolute atomic E-state index is 5.60. The minimum absolute atomic E-state index is 0.389. The van der Waals surface area contributed by atoms with Gasteiger partial charge >= 0.3 is 0 Å². The van der Waals surface area contributed by atoms with E-state index in [0.29, 0.717) is 6.04 Å². The van der Waals surface area contributed by atoms with Gasteiger partial charge in [-0.3, -0.25) is 0 Å². The van der Waals surface area contributed by atoms with Gasteiger partial charge in [-0.1, -0.05) is 38.1 Å². The summed E-state index contributed by atoms with van der Waals surface area (Å²) in [4.78, 5) is 0. The molecule has 0 heterocycles. The molecule has 0 radical (unpaired) electrons. The Morgan fingerprint density at radius 1 is 1.11 bits per heavy atom. The molecule has 0 spiro atoms. The van der Waals surface area contributed by atoms with E-state index < -0.39 is 0 Å². The molecule has 0 amide bonds. The Morgan fingerprint density at radius 3 is 2.50 bits per heavy atom. The number of nitrogens with one attached hydrogen (secondary N) is 1. The molecule has 1 atom stereocenters. The highest BCUT2D eigenvalue weighted by Gasteiger charge is 2.06. The summed E-state index contributed by atoms with van der Waals surface area (Å²) in [5.74, 6) is 0.726. The first-order chi connectivity index (χ1) is 8.61. The van der Waals surface area contributed by atoms with E-state index >= 15 is 0 Å². The predicted molar refractivity (Wildman–Crippen MR) is 77.9 cm³/mol. The van der Waals surface area contributed by atoms with E-state index in [1.54, 1.807) is 0 Å². The third kappa shape index (κ3) is 5.65. The lowest BCUT2D eigenvalue weighted by molar-refractivity contribution is 0.123. The van der Waals surface area contributed by atoms with Crippen molar-refractivity contribution in [1.29, 1.82) is 0 Å². The molecule has 0 aliphatic carbocycles. The summed E-state index contributed by atoms with van der Waals surface area (Å²) >= 11 is 0. The van der Waals surface area contributed by atoms with Crippen molar-refractivity contribution in [3.63, 3.8) is 0 Å². The normalized spacial score (nSPS) is 12.9. The summed E-state index contributed by atoms with van der Waals surface area (Å²) in [5, 5.41) is 3.50. The van der Waals surface area contributed by atoms with Gasteiger partial charge < -0.3 is 10.1 Å². The fourth-order valence-electron chi connectivity index (χ4n) is 1.95. The molecule has 0 saturated carbocycles. The Labute approximate surface area is 112 Å². The maximum atomic E-state index is 5.60. The first-order valence-corrected chi connectivity index (χ1v) is 6.98. The third-order valence-corrected chi connectivity index (χ3v) is 3.19. The van der Waals surface area contributed by atoms with Gasteiger partial charge in [-0.25, -0.2) is 0 Å². The monoisotopic (exact) mass is 249 g/mol. The Balaban J connectivity index is 2.18. The van der Waals surface area contributed by atoms with Crippen LogP contribution in [0.1, 0.15) is 44.4 Å². The predicted octanol–water partition coefficient (Wildman–Crippen LogP) is 3.71. The van der Waals surface area contributed by atoms with Crippen LogP contribution in [0.15, 0.2) is 24.3 Å². The second kappa shape index (κ2) is 8.28. The smallest absolute Gasteiger partial charge is 0.0591 e. The van der Waals surface area contributed by atoms with Crippen LogP contribution in [0, 0.1) is 12.8 Å². The highest BCUT2D eigenvalue weighted by molar-refractivity contribution is 5.28. The van der Waals surface area contributed by atoms with E-state index in [1.165, 1.54) is 11.1 Å². The van der Waals surface area contributed by atoms with Crippen molar-refractivity contribution < 1.29 is 4.74 Å². The number of aryl methyl sites for hydroxylation is 1. The molecule has 2 nitrogen and oxygen atoms in total. The van der Waals surface area contributed by atoms with Crippen LogP contribution in [0.4, 0.5) is 0 Å². The van der Waals surface area contributed by atoms with Crippen molar-refractivity contribution in [3.05, 3.63) is 35.4 Å². The number of hydrogen-bond acceptors (Lipinski definition) is 2. The van der Waals surface area contributed by atoms with Crippen LogP contribution in [-0.4, -0.2) is 19.8 Å². The average molecular weight is 249 g/mol. The third-order valence-electron chi connectivity index (χ3n) is 3.19. The van der Waals surface area contributed by atoms with Crippen LogP contribution < -0.4 is 5.32 Å². The summed E-state index contributed by atoms with van der Waals surface area (Å²) in [6.45, 7) is 11.4. The Hall–Kier alpha value is -0.860. The fourth-order valence-corrected chi connectivity index (χ4v) is 1.95. The zero-order valence-electron chi connectivity index (χ0n) is 12.2. The summed E-state index contributed by atoms with van der Waals surface area (Å²) in [6, 6.07) is 8.92. The summed E-state index contributed by atoms with van der Waals surface area (Å²) < 4.78 is 5.60. The molecule has 1 unspecified atom stereocenters. The molecule has 0 fully saturated rings. The Bertz CT molecular complexity index is 336. The Kier molecular flexibility index (Phi) is 6.99. The lowest BCUT2D eigenvalue weighted by Gasteiger charge is -2.16. The zero-order chi connectivity index (χ0) is 13.4. The molecule has 18 heavy (non-hydrogen) atoms. The fraction of sp³-hybridized carbons (Fsp3) is 0.625. The molecule has 0 bridgehead atoms. The SMILES string of the molecule is Cc1ccccc1C(C)NCCOCCC(C)C. The van der Waals surface area contributed by atoms with E-state index in [1.807, 2.05) is 0 Å². The van der Waals surface area contributed by atoms with Gasteiger partial charge in [0.1, 0.15) is 0 Å². The Morgan fingerprint density at radius 2 is 1.83 bits per heavy atom. The maximum Gasteiger partial charge on any atom is 0.0591 e. The summed E-state index contributed by atoms with van der Waals surface area (Å²) in [5.41, 5.74) is 2.72. The van der Waals surface area contributed by atoms with Crippen LogP contribution in [0.3, 0.4) is 0 Å². The molecule has 102 valence electrons. The number of rotatable bonds is 8. The molecular formula is C16H27NO. The summed E-state index contributed by atoms with van der Waals surface area (Å²) in [7, 11) is 0. The van der Waals surface area contributed by atoms with E-state index in [-0.39, 0.29) is 0 Å².